The van der Waals surface area contributed by atoms with E-state index >= 15 is 4.39 Å². The minimum atomic E-state index is -5.23. The number of carbonyl (C=O) groups is 1. The summed E-state index contributed by atoms with van der Waals surface area (Å²) in [6, 6.07) is -0.469. The number of aromatic nitrogens is 1. The second-order valence-electron chi connectivity index (χ2n) is 8.22. The van der Waals surface area contributed by atoms with Gasteiger partial charge in [0.1, 0.15) is 11.3 Å². The van der Waals surface area contributed by atoms with Crippen LogP contribution in [0.2, 0.25) is 0 Å². The number of hydrogen-bond acceptors (Lipinski definition) is 8. The molecule has 2 N–H and O–H groups in total. The van der Waals surface area contributed by atoms with Gasteiger partial charge >= 0.3 is 16.4 Å². The molecule has 3 heterocycles. The highest BCUT2D eigenvalue weighted by molar-refractivity contribution is 7.81. The van der Waals surface area contributed by atoms with Crippen LogP contribution in [0, 0.1) is 11.7 Å². The molecule has 1 saturated carbocycles. The van der Waals surface area contributed by atoms with Crippen molar-refractivity contribution in [3.05, 3.63) is 33.9 Å². The zero-order valence-corrected chi connectivity index (χ0v) is 18.3. The van der Waals surface area contributed by atoms with Gasteiger partial charge < -0.3 is 23.7 Å². The molecule has 5 rings (SSSR count). The Balaban J connectivity index is 1.79. The molecule has 2 aliphatic heterocycles. The number of piperidine rings is 1. The van der Waals surface area contributed by atoms with E-state index in [1.54, 1.807) is 0 Å². The van der Waals surface area contributed by atoms with Gasteiger partial charge in [0.2, 0.25) is 5.43 Å². The first-order valence-corrected chi connectivity index (χ1v) is 11.8. The second kappa shape index (κ2) is 7.96. The predicted octanol–water partition coefficient (Wildman–Crippen LogP) is 1.63. The highest BCUT2D eigenvalue weighted by atomic mass is 32.3. The van der Waals surface area contributed by atoms with E-state index in [1.807, 2.05) is 0 Å². The molecule has 0 spiro atoms. The summed E-state index contributed by atoms with van der Waals surface area (Å²) in [6.07, 6.45) is 3.21. The van der Waals surface area contributed by atoms with Gasteiger partial charge in [-0.05, 0) is 44.2 Å². The summed E-state index contributed by atoms with van der Waals surface area (Å²) < 4.78 is 92.7. The summed E-state index contributed by atoms with van der Waals surface area (Å²) in [7, 11) is -4.05. The summed E-state index contributed by atoms with van der Waals surface area (Å²) in [4.78, 5) is 26.2. The summed E-state index contributed by atoms with van der Waals surface area (Å²) in [5, 5.41) is 2.63. The normalized spacial score (nSPS) is 27.8. The van der Waals surface area contributed by atoms with E-state index in [9.17, 15) is 18.0 Å². The lowest BCUT2D eigenvalue weighted by Gasteiger charge is -2.25. The number of carbonyl (C=O) groups excluding carboxylic acids is 1. The van der Waals surface area contributed by atoms with Crippen LogP contribution in [0.5, 0.6) is 5.75 Å². The lowest BCUT2D eigenvalue weighted by atomic mass is 9.94. The fourth-order valence-corrected chi connectivity index (χ4v) is 4.69. The molecule has 10 nitrogen and oxygen atoms in total. The minimum absolute atomic E-state index is 0.00997. The molecule has 0 bridgehead atoms. The third-order valence-corrected chi connectivity index (χ3v) is 6.35. The average Bonchev–Trinajstić information content (AvgIpc) is 3.62. The number of methoxy groups -OCH3 is 1. The monoisotopic (exact) mass is 485 g/mol. The van der Waals surface area contributed by atoms with Crippen LogP contribution >= 0.6 is 0 Å². The number of nitrogens with zero attached hydrogens (tertiary/aromatic N) is 2. The van der Waals surface area contributed by atoms with Gasteiger partial charge in [-0.1, -0.05) is 0 Å². The molecule has 0 unspecified atom stereocenters. The fourth-order valence-electron chi connectivity index (χ4n) is 4.41. The Morgan fingerprint density at radius 2 is 2.09 bits per heavy atom. The van der Waals surface area contributed by atoms with Crippen molar-refractivity contribution < 1.29 is 36.6 Å². The van der Waals surface area contributed by atoms with Crippen LogP contribution < -0.4 is 20.4 Å². The van der Waals surface area contributed by atoms with Crippen LogP contribution in [-0.4, -0.2) is 56.2 Å². The number of nitrogens with one attached hydrogen (secondary N) is 1. The van der Waals surface area contributed by atoms with Crippen LogP contribution in [-0.2, 0) is 14.6 Å². The zero-order valence-electron chi connectivity index (χ0n) is 21.5. The van der Waals surface area contributed by atoms with Crippen LogP contribution in [0.15, 0.2) is 17.1 Å². The van der Waals surface area contributed by atoms with Crippen molar-refractivity contribution in [3.63, 3.8) is 0 Å². The number of rotatable bonds is 5. The largest absolute Gasteiger partial charge is 0.492 e. The van der Waals surface area contributed by atoms with Crippen LogP contribution in [0.3, 0.4) is 0 Å². The Morgan fingerprint density at radius 3 is 2.73 bits per heavy atom. The molecule has 3 aliphatic rings. The van der Waals surface area contributed by atoms with Crippen molar-refractivity contribution in [1.82, 2.24) is 9.88 Å². The maximum absolute atomic E-state index is 15.8. The number of halogens is 1. The summed E-state index contributed by atoms with van der Waals surface area (Å²) in [5.41, 5.74) is -2.40. The van der Waals surface area contributed by atoms with E-state index in [4.69, 9.17) is 14.8 Å². The molecule has 178 valence electrons. The first-order chi connectivity index (χ1) is 17.2. The molecular weight excluding hydrogens is 457 g/mol. The molecule has 2 aromatic rings. The molecule has 1 aromatic heterocycles. The SMILES string of the molecule is [2H]C1([2H])[C@@H]2NCCC[C@@H]2C([2H])([2H])N1c1c(F)cc2c(=O)c(C(=O)OS(=O)(=O)O)cn(C3CC3)c2c1OC. The van der Waals surface area contributed by atoms with E-state index in [2.05, 4.69) is 9.50 Å². The molecule has 1 aliphatic carbocycles. The van der Waals surface area contributed by atoms with Gasteiger partial charge in [0.25, 0.3) is 0 Å². The van der Waals surface area contributed by atoms with Gasteiger partial charge in [0.15, 0.2) is 11.6 Å². The van der Waals surface area contributed by atoms with Crippen molar-refractivity contribution in [2.24, 2.45) is 5.92 Å². The fraction of sp³-hybridized carbons (Fsp3) is 0.524. The zero-order chi connectivity index (χ0) is 27.1. The smallest absolute Gasteiger partial charge is 0.449 e. The molecule has 3 fully saturated rings. The number of fused-ring (bicyclic) bond motifs is 2. The molecule has 0 radical (unpaired) electrons. The Kier molecular flexibility index (Phi) is 4.28. The average molecular weight is 486 g/mol. The first-order valence-electron chi connectivity index (χ1n) is 12.4. The van der Waals surface area contributed by atoms with Gasteiger partial charge in [-0.25, -0.2) is 9.18 Å². The summed E-state index contributed by atoms with van der Waals surface area (Å²) >= 11 is 0. The molecule has 2 atom stereocenters. The van der Waals surface area contributed by atoms with Gasteiger partial charge in [-0.3, -0.25) is 9.35 Å². The van der Waals surface area contributed by atoms with E-state index in [-0.39, 0.29) is 22.7 Å². The summed E-state index contributed by atoms with van der Waals surface area (Å²) in [6.45, 7) is -4.22. The lowest BCUT2D eigenvalue weighted by Crippen LogP contribution is -2.40. The Labute approximate surface area is 194 Å². The van der Waals surface area contributed by atoms with Gasteiger partial charge in [0, 0.05) is 34.0 Å². The Bertz CT molecular complexity index is 1450. The molecule has 33 heavy (non-hydrogen) atoms. The highest BCUT2D eigenvalue weighted by Gasteiger charge is 2.38. The third-order valence-electron chi connectivity index (χ3n) is 5.99. The highest BCUT2D eigenvalue weighted by Crippen LogP contribution is 2.45. The van der Waals surface area contributed by atoms with Gasteiger partial charge in [0.05, 0.1) is 20.8 Å². The predicted molar refractivity (Wildman–Crippen MR) is 117 cm³/mol. The van der Waals surface area contributed by atoms with E-state index in [1.165, 1.54) is 11.7 Å². The number of benzene rings is 1. The number of hydrogen-bond donors (Lipinski definition) is 2. The number of pyridine rings is 1. The van der Waals surface area contributed by atoms with Gasteiger partial charge in [-0.2, -0.15) is 8.42 Å². The Hall–Kier alpha value is -2.70. The van der Waals surface area contributed by atoms with Crippen molar-refractivity contribution in [3.8, 4) is 5.75 Å². The lowest BCUT2D eigenvalue weighted by molar-refractivity contribution is 0.0725. The Morgan fingerprint density at radius 1 is 1.33 bits per heavy atom. The van der Waals surface area contributed by atoms with Crippen LogP contribution in [0.1, 0.15) is 47.6 Å². The van der Waals surface area contributed by atoms with Crippen molar-refractivity contribution in [1.29, 1.82) is 0 Å². The number of anilines is 1. The molecule has 2 saturated heterocycles. The first kappa shape index (κ1) is 17.7. The van der Waals surface area contributed by atoms with Crippen molar-refractivity contribution in [2.45, 2.75) is 37.8 Å². The van der Waals surface area contributed by atoms with Crippen LogP contribution in [0.25, 0.3) is 10.9 Å². The molecule has 12 heteroatoms. The standard InChI is InChI=1S/C21H24FN3O7S/c1-31-20-17-13(7-15(22)18(20)24-8-11-3-2-6-23-16(11)10-24)19(26)14(9-25(17)12-4-5-12)21(27)32-33(28,29)30/h7,9,11-12,16,23H,2-6,8,10H2,1H3,(H,28,29,30)/t11-,16+/m1/s1/i8D2,10D2. The number of ether oxygens (including phenoxy) is 1. The van der Waals surface area contributed by atoms with E-state index < -0.39 is 63.8 Å². The topological polar surface area (TPSA) is 127 Å². The molecule has 0 amide bonds. The van der Waals surface area contributed by atoms with Crippen molar-refractivity contribution in [2.75, 3.05) is 31.5 Å². The van der Waals surface area contributed by atoms with E-state index in [0.717, 1.165) is 17.2 Å². The van der Waals surface area contributed by atoms with Crippen molar-refractivity contribution >= 4 is 33.0 Å². The molecular formula is C21H24FN3O7S. The summed E-state index contributed by atoms with van der Waals surface area (Å²) in [5.74, 6) is -3.93. The maximum atomic E-state index is 15.8. The maximum Gasteiger partial charge on any atom is 0.449 e. The van der Waals surface area contributed by atoms with E-state index in [0.29, 0.717) is 32.2 Å². The van der Waals surface area contributed by atoms with Crippen LogP contribution in [0.4, 0.5) is 10.1 Å². The molecule has 1 aromatic carbocycles. The minimum Gasteiger partial charge on any atom is -0.492 e. The quantitative estimate of drug-likeness (QED) is 0.608. The third kappa shape index (κ3) is 3.96. The second-order valence-corrected chi connectivity index (χ2v) is 9.24. The van der Waals surface area contributed by atoms with Gasteiger partial charge in [-0.15, -0.1) is 0 Å².